The van der Waals surface area contributed by atoms with Crippen molar-refractivity contribution < 1.29 is 4.74 Å². The molecule has 1 atom stereocenters. The van der Waals surface area contributed by atoms with Crippen LogP contribution in [0.4, 0.5) is 0 Å². The van der Waals surface area contributed by atoms with Gasteiger partial charge < -0.3 is 20.3 Å². The number of likely N-dealkylation sites (tertiary alicyclic amines) is 1. The van der Waals surface area contributed by atoms with Crippen molar-refractivity contribution in [1.29, 1.82) is 0 Å². The summed E-state index contributed by atoms with van der Waals surface area (Å²) in [5.41, 5.74) is 0.114. The highest BCUT2D eigenvalue weighted by atomic mass is 127. The summed E-state index contributed by atoms with van der Waals surface area (Å²) in [7, 11) is 4.35. The third kappa shape index (κ3) is 8.50. The Hall–Kier alpha value is -0.120. The van der Waals surface area contributed by atoms with Crippen LogP contribution in [0.15, 0.2) is 4.99 Å². The van der Waals surface area contributed by atoms with Crippen LogP contribution in [0.25, 0.3) is 0 Å². The van der Waals surface area contributed by atoms with Crippen LogP contribution in [0.5, 0.6) is 0 Å². The molecule has 6 nitrogen and oxygen atoms in total. The number of ether oxygens (including phenoxy) is 1. The summed E-state index contributed by atoms with van der Waals surface area (Å²) in [6.07, 6.45) is 7.54. The maximum atomic E-state index is 5.60. The SMILES string of the molecule is CCNC(=NCC1(N(C)C)CCOCC1)NCC(C(C)C)N1CCCCCC1.I. The second-order valence-electron chi connectivity index (χ2n) is 9.07. The Morgan fingerprint density at radius 3 is 2.21 bits per heavy atom. The first-order valence-corrected chi connectivity index (χ1v) is 11.5. The summed E-state index contributed by atoms with van der Waals surface area (Å²) >= 11 is 0. The maximum Gasteiger partial charge on any atom is 0.191 e. The van der Waals surface area contributed by atoms with E-state index in [2.05, 4.69) is 55.3 Å². The zero-order valence-corrected chi connectivity index (χ0v) is 21.8. The van der Waals surface area contributed by atoms with Crippen LogP contribution in [0.1, 0.15) is 59.3 Å². The summed E-state index contributed by atoms with van der Waals surface area (Å²) in [5.74, 6) is 1.59. The van der Waals surface area contributed by atoms with Crippen molar-refractivity contribution in [2.75, 3.05) is 60.0 Å². The second kappa shape index (κ2) is 14.0. The molecule has 0 spiro atoms. The first-order chi connectivity index (χ1) is 13.5. The highest BCUT2D eigenvalue weighted by Gasteiger charge is 2.34. The van der Waals surface area contributed by atoms with Crippen molar-refractivity contribution in [3.05, 3.63) is 0 Å². The molecule has 0 aromatic carbocycles. The Kier molecular flexibility index (Phi) is 13.0. The van der Waals surface area contributed by atoms with Crippen LogP contribution in [-0.2, 0) is 4.74 Å². The fraction of sp³-hybridized carbons (Fsp3) is 0.955. The van der Waals surface area contributed by atoms with Crippen molar-refractivity contribution in [2.45, 2.75) is 70.9 Å². The minimum Gasteiger partial charge on any atom is -0.381 e. The highest BCUT2D eigenvalue weighted by Crippen LogP contribution is 2.26. The second-order valence-corrected chi connectivity index (χ2v) is 9.07. The Morgan fingerprint density at radius 1 is 1.07 bits per heavy atom. The Morgan fingerprint density at radius 2 is 1.69 bits per heavy atom. The van der Waals surface area contributed by atoms with Gasteiger partial charge >= 0.3 is 0 Å². The highest BCUT2D eigenvalue weighted by molar-refractivity contribution is 14.0. The lowest BCUT2D eigenvalue weighted by Crippen LogP contribution is -2.53. The summed E-state index contributed by atoms with van der Waals surface area (Å²) < 4.78 is 5.60. The summed E-state index contributed by atoms with van der Waals surface area (Å²) in [5, 5.41) is 7.12. The Balaban J connectivity index is 0.00000420. The molecule has 0 aliphatic carbocycles. The number of guanidine groups is 1. The molecule has 2 aliphatic heterocycles. The maximum absolute atomic E-state index is 5.60. The number of halogens is 1. The third-order valence-electron chi connectivity index (χ3n) is 6.61. The van der Waals surface area contributed by atoms with Crippen molar-refractivity contribution in [2.24, 2.45) is 10.9 Å². The smallest absolute Gasteiger partial charge is 0.191 e. The molecule has 1 unspecified atom stereocenters. The van der Waals surface area contributed by atoms with Crippen LogP contribution >= 0.6 is 24.0 Å². The standard InChI is InChI=1S/C22H45N5O.HI/c1-6-23-21(25-18-22(26(4)5)11-15-28-16-12-22)24-17-20(19(2)3)27-13-9-7-8-10-14-27;/h19-20H,6-18H2,1-5H3,(H2,23,24,25);1H. The lowest BCUT2D eigenvalue weighted by molar-refractivity contribution is -0.00255. The van der Waals surface area contributed by atoms with Crippen LogP contribution < -0.4 is 10.6 Å². The normalized spacial score (nSPS) is 22.1. The zero-order chi connectivity index (χ0) is 20.4. The summed E-state index contributed by atoms with van der Waals surface area (Å²) in [4.78, 5) is 10.1. The van der Waals surface area contributed by atoms with Gasteiger partial charge in [-0.3, -0.25) is 9.89 Å². The molecule has 0 saturated carbocycles. The van der Waals surface area contributed by atoms with Gasteiger partial charge in [0.2, 0.25) is 0 Å². The van der Waals surface area contributed by atoms with E-state index in [9.17, 15) is 0 Å². The molecule has 29 heavy (non-hydrogen) atoms. The number of hydrogen-bond donors (Lipinski definition) is 2. The molecule has 172 valence electrons. The zero-order valence-electron chi connectivity index (χ0n) is 19.5. The van der Waals surface area contributed by atoms with Gasteiger partial charge in [0.1, 0.15) is 0 Å². The van der Waals surface area contributed by atoms with Gasteiger partial charge in [-0.05, 0) is 65.7 Å². The van der Waals surface area contributed by atoms with E-state index in [-0.39, 0.29) is 29.5 Å². The third-order valence-corrected chi connectivity index (χ3v) is 6.61. The fourth-order valence-electron chi connectivity index (χ4n) is 4.48. The lowest BCUT2D eigenvalue weighted by Gasteiger charge is -2.41. The molecule has 2 saturated heterocycles. The van der Waals surface area contributed by atoms with Gasteiger partial charge in [0.15, 0.2) is 5.96 Å². The molecule has 0 amide bonds. The number of likely N-dealkylation sites (N-methyl/N-ethyl adjacent to an activating group) is 1. The van der Waals surface area contributed by atoms with E-state index >= 15 is 0 Å². The van der Waals surface area contributed by atoms with Gasteiger partial charge in [-0.2, -0.15) is 0 Å². The molecule has 0 bridgehead atoms. The van der Waals surface area contributed by atoms with Gasteiger partial charge in [-0.1, -0.05) is 26.7 Å². The molecule has 2 fully saturated rings. The topological polar surface area (TPSA) is 52.1 Å². The van der Waals surface area contributed by atoms with Crippen molar-refractivity contribution >= 4 is 29.9 Å². The predicted molar refractivity (Wildman–Crippen MR) is 135 cm³/mol. The molecule has 2 N–H and O–H groups in total. The van der Waals surface area contributed by atoms with Crippen molar-refractivity contribution in [3.63, 3.8) is 0 Å². The van der Waals surface area contributed by atoms with E-state index < -0.39 is 0 Å². The molecule has 0 aromatic rings. The van der Waals surface area contributed by atoms with Crippen LogP contribution in [0.3, 0.4) is 0 Å². The largest absolute Gasteiger partial charge is 0.381 e. The quantitative estimate of drug-likeness (QED) is 0.291. The lowest BCUT2D eigenvalue weighted by atomic mass is 9.89. The summed E-state index contributed by atoms with van der Waals surface area (Å²) in [6.45, 7) is 13.7. The monoisotopic (exact) mass is 523 g/mol. The van der Waals surface area contributed by atoms with E-state index in [4.69, 9.17) is 9.73 Å². The van der Waals surface area contributed by atoms with E-state index in [0.717, 1.165) is 51.6 Å². The fourth-order valence-corrected chi connectivity index (χ4v) is 4.48. The predicted octanol–water partition coefficient (Wildman–Crippen LogP) is 3.17. The van der Waals surface area contributed by atoms with Crippen LogP contribution in [0.2, 0.25) is 0 Å². The molecular weight excluding hydrogens is 477 g/mol. The molecule has 0 aromatic heterocycles. The van der Waals surface area contributed by atoms with Gasteiger partial charge in [0, 0.05) is 37.9 Å². The molecule has 7 heteroatoms. The number of nitrogens with zero attached hydrogens (tertiary/aromatic N) is 3. The average Bonchev–Trinajstić information content (AvgIpc) is 2.96. The van der Waals surface area contributed by atoms with Gasteiger partial charge in [-0.15, -0.1) is 24.0 Å². The molecule has 0 radical (unpaired) electrons. The van der Waals surface area contributed by atoms with Crippen molar-refractivity contribution in [3.8, 4) is 0 Å². The molecule has 2 heterocycles. The van der Waals surface area contributed by atoms with Crippen molar-refractivity contribution in [1.82, 2.24) is 20.4 Å². The van der Waals surface area contributed by atoms with E-state index in [0.29, 0.717) is 12.0 Å². The number of hydrogen-bond acceptors (Lipinski definition) is 4. The molecule has 2 aliphatic rings. The Labute approximate surface area is 196 Å². The van der Waals surface area contributed by atoms with Gasteiger partial charge in [0.05, 0.1) is 6.54 Å². The van der Waals surface area contributed by atoms with Crippen LogP contribution in [0, 0.1) is 5.92 Å². The molecule has 2 rings (SSSR count). The van der Waals surface area contributed by atoms with E-state index in [1.165, 1.54) is 38.8 Å². The van der Waals surface area contributed by atoms with Gasteiger partial charge in [-0.25, -0.2) is 0 Å². The average molecular weight is 524 g/mol. The molecular formula is C22H46IN5O. The number of nitrogens with one attached hydrogen (secondary N) is 2. The minimum atomic E-state index is 0. The van der Waals surface area contributed by atoms with Gasteiger partial charge in [0.25, 0.3) is 0 Å². The number of rotatable bonds is 8. The number of aliphatic imine (C=N–C) groups is 1. The first kappa shape index (κ1) is 26.9. The minimum absolute atomic E-state index is 0. The summed E-state index contributed by atoms with van der Waals surface area (Å²) in [6, 6.07) is 0.563. The Bertz CT molecular complexity index is 458. The first-order valence-electron chi connectivity index (χ1n) is 11.5. The van der Waals surface area contributed by atoms with Crippen LogP contribution in [-0.4, -0.2) is 87.4 Å². The van der Waals surface area contributed by atoms with E-state index in [1.807, 2.05) is 0 Å². The van der Waals surface area contributed by atoms with E-state index in [1.54, 1.807) is 0 Å².